The van der Waals surface area contributed by atoms with Crippen LogP contribution in [0.3, 0.4) is 0 Å². The highest BCUT2D eigenvalue weighted by Gasteiger charge is 2.31. The summed E-state index contributed by atoms with van der Waals surface area (Å²) >= 11 is 0. The third-order valence-electron chi connectivity index (χ3n) is 4.62. The Bertz CT molecular complexity index is 819. The molecule has 26 heavy (non-hydrogen) atoms. The Balaban J connectivity index is 1.91. The van der Waals surface area contributed by atoms with Gasteiger partial charge in [0.25, 0.3) is 0 Å². The highest BCUT2D eigenvalue weighted by Crippen LogP contribution is 2.24. The monoisotopic (exact) mass is 357 g/mol. The van der Waals surface area contributed by atoms with Crippen molar-refractivity contribution in [3.63, 3.8) is 0 Å². The van der Waals surface area contributed by atoms with Crippen molar-refractivity contribution in [3.05, 3.63) is 30.1 Å². The Morgan fingerprint density at radius 1 is 1.23 bits per heavy atom. The van der Waals surface area contributed by atoms with Gasteiger partial charge in [-0.25, -0.2) is 9.78 Å². The molecule has 0 aliphatic carbocycles. The number of ketones is 1. The lowest BCUT2D eigenvalue weighted by Crippen LogP contribution is -2.48. The Morgan fingerprint density at radius 2 is 1.96 bits per heavy atom. The molecule has 3 rings (SSSR count). The lowest BCUT2D eigenvalue weighted by atomic mass is 10.0. The highest BCUT2D eigenvalue weighted by molar-refractivity contribution is 5.94. The standard InChI is InChI=1S/C20H27N3O3/c1-14(24)18-21-16-10-5-6-11-17(16)23(18)13-15-9-7-8-12-22(15)19(25)26-20(2,3)4/h5-6,10-11,15H,7-9,12-13H2,1-4H3. The average Bonchev–Trinajstić information content (AvgIpc) is 2.93. The maximum Gasteiger partial charge on any atom is 0.410 e. The topological polar surface area (TPSA) is 64.4 Å². The van der Waals surface area contributed by atoms with Crippen molar-refractivity contribution < 1.29 is 14.3 Å². The first-order valence-corrected chi connectivity index (χ1v) is 9.22. The quantitative estimate of drug-likeness (QED) is 0.778. The normalized spacial score (nSPS) is 18.2. The minimum atomic E-state index is -0.522. The lowest BCUT2D eigenvalue weighted by Gasteiger charge is -2.37. The molecule has 1 aromatic heterocycles. The summed E-state index contributed by atoms with van der Waals surface area (Å²) in [5, 5.41) is 0. The number of carbonyl (C=O) groups is 2. The molecule has 1 atom stereocenters. The third-order valence-corrected chi connectivity index (χ3v) is 4.62. The van der Waals surface area contributed by atoms with Gasteiger partial charge >= 0.3 is 6.09 Å². The number of nitrogens with zero attached hydrogens (tertiary/aromatic N) is 3. The van der Waals surface area contributed by atoms with Gasteiger partial charge in [-0.15, -0.1) is 0 Å². The number of Topliss-reactive ketones (excluding diaryl/α,β-unsaturated/α-hetero) is 1. The minimum Gasteiger partial charge on any atom is -0.444 e. The second-order valence-corrected chi connectivity index (χ2v) is 7.91. The fraction of sp³-hybridized carbons (Fsp3) is 0.550. The zero-order valence-corrected chi connectivity index (χ0v) is 16.0. The predicted molar refractivity (Wildman–Crippen MR) is 100 cm³/mol. The average molecular weight is 357 g/mol. The summed E-state index contributed by atoms with van der Waals surface area (Å²) in [7, 11) is 0. The largest absolute Gasteiger partial charge is 0.444 e. The first kappa shape index (κ1) is 18.4. The fourth-order valence-electron chi connectivity index (χ4n) is 3.49. The molecule has 1 unspecified atom stereocenters. The number of piperidine rings is 1. The summed E-state index contributed by atoms with van der Waals surface area (Å²) in [5.74, 6) is 0.377. The van der Waals surface area contributed by atoms with E-state index in [9.17, 15) is 9.59 Å². The molecule has 1 saturated heterocycles. The minimum absolute atomic E-state index is 0.00527. The van der Waals surface area contributed by atoms with E-state index in [1.165, 1.54) is 6.92 Å². The maximum absolute atomic E-state index is 12.6. The molecular formula is C20H27N3O3. The first-order valence-electron chi connectivity index (χ1n) is 9.22. The van der Waals surface area contributed by atoms with Gasteiger partial charge in [-0.2, -0.15) is 0 Å². The van der Waals surface area contributed by atoms with Gasteiger partial charge in [-0.3, -0.25) is 4.79 Å². The van der Waals surface area contributed by atoms with E-state index in [0.29, 0.717) is 18.9 Å². The Hall–Kier alpha value is -2.37. The zero-order valence-electron chi connectivity index (χ0n) is 16.0. The smallest absolute Gasteiger partial charge is 0.410 e. The molecule has 1 amide bonds. The summed E-state index contributed by atoms with van der Waals surface area (Å²) in [4.78, 5) is 31.0. The van der Waals surface area contributed by atoms with E-state index >= 15 is 0 Å². The van der Waals surface area contributed by atoms with Crippen molar-refractivity contribution in [3.8, 4) is 0 Å². The van der Waals surface area contributed by atoms with E-state index in [1.54, 1.807) is 0 Å². The lowest BCUT2D eigenvalue weighted by molar-refractivity contribution is 0.00789. The number of imidazole rings is 1. The van der Waals surface area contributed by atoms with Crippen molar-refractivity contribution >= 4 is 22.9 Å². The highest BCUT2D eigenvalue weighted by atomic mass is 16.6. The van der Waals surface area contributed by atoms with Crippen molar-refractivity contribution in [1.29, 1.82) is 0 Å². The van der Waals surface area contributed by atoms with Crippen molar-refractivity contribution in [2.45, 2.75) is 65.1 Å². The van der Waals surface area contributed by atoms with Crippen LogP contribution in [0.1, 0.15) is 57.6 Å². The van der Waals surface area contributed by atoms with Crippen LogP contribution in [0.25, 0.3) is 11.0 Å². The molecule has 0 saturated carbocycles. The summed E-state index contributed by atoms with van der Waals surface area (Å²) in [6, 6.07) is 7.73. The number of hydrogen-bond donors (Lipinski definition) is 0. The van der Waals surface area contributed by atoms with Crippen LogP contribution in [-0.4, -0.2) is 44.5 Å². The van der Waals surface area contributed by atoms with E-state index < -0.39 is 5.60 Å². The Morgan fingerprint density at radius 3 is 2.65 bits per heavy atom. The number of amides is 1. The Labute approximate surface area is 154 Å². The zero-order chi connectivity index (χ0) is 18.9. The second-order valence-electron chi connectivity index (χ2n) is 7.91. The number of para-hydroxylation sites is 2. The van der Waals surface area contributed by atoms with Gasteiger partial charge in [0.15, 0.2) is 11.6 Å². The SMILES string of the molecule is CC(=O)c1nc2ccccc2n1CC1CCCCN1C(=O)OC(C)(C)C. The molecule has 0 bridgehead atoms. The molecule has 1 aromatic carbocycles. The van der Waals surface area contributed by atoms with Crippen LogP contribution in [0.5, 0.6) is 0 Å². The van der Waals surface area contributed by atoms with E-state index in [2.05, 4.69) is 4.98 Å². The maximum atomic E-state index is 12.6. The molecule has 2 heterocycles. The fourth-order valence-corrected chi connectivity index (χ4v) is 3.49. The molecule has 2 aromatic rings. The van der Waals surface area contributed by atoms with Crippen LogP contribution in [0.4, 0.5) is 4.79 Å². The van der Waals surface area contributed by atoms with Gasteiger partial charge < -0.3 is 14.2 Å². The number of aromatic nitrogens is 2. The number of fused-ring (bicyclic) bond motifs is 1. The van der Waals surface area contributed by atoms with Crippen LogP contribution < -0.4 is 0 Å². The number of likely N-dealkylation sites (tertiary alicyclic amines) is 1. The van der Waals surface area contributed by atoms with Crippen molar-refractivity contribution in [2.75, 3.05) is 6.54 Å². The third kappa shape index (κ3) is 3.89. The molecule has 140 valence electrons. The summed E-state index contributed by atoms with van der Waals surface area (Å²) in [5.41, 5.74) is 1.20. The number of rotatable bonds is 3. The number of ether oxygens (including phenoxy) is 1. The van der Waals surface area contributed by atoms with Gasteiger partial charge in [0.2, 0.25) is 0 Å². The molecule has 0 N–H and O–H groups in total. The first-order chi connectivity index (χ1) is 12.3. The molecular weight excluding hydrogens is 330 g/mol. The van der Waals surface area contributed by atoms with Crippen molar-refractivity contribution in [2.24, 2.45) is 0 Å². The van der Waals surface area contributed by atoms with Gasteiger partial charge in [0, 0.05) is 20.0 Å². The van der Waals surface area contributed by atoms with Crippen LogP contribution >= 0.6 is 0 Å². The van der Waals surface area contributed by atoms with E-state index in [0.717, 1.165) is 30.3 Å². The van der Waals surface area contributed by atoms with Crippen LogP contribution in [-0.2, 0) is 11.3 Å². The van der Waals surface area contributed by atoms with Crippen LogP contribution in [0.2, 0.25) is 0 Å². The molecule has 6 heteroatoms. The summed E-state index contributed by atoms with van der Waals surface area (Å²) < 4.78 is 7.54. The molecule has 1 aliphatic rings. The molecule has 0 spiro atoms. The Kier molecular flexibility index (Phi) is 5.03. The summed E-state index contributed by atoms with van der Waals surface area (Å²) in [6.07, 6.45) is 2.64. The molecule has 1 fully saturated rings. The van der Waals surface area contributed by atoms with Crippen molar-refractivity contribution in [1.82, 2.24) is 14.5 Å². The molecule has 0 radical (unpaired) electrons. The van der Waals surface area contributed by atoms with E-state index in [-0.39, 0.29) is 17.9 Å². The molecule has 1 aliphatic heterocycles. The van der Waals surface area contributed by atoms with Crippen LogP contribution in [0, 0.1) is 0 Å². The van der Waals surface area contributed by atoms with Gasteiger partial charge in [-0.05, 0) is 52.2 Å². The predicted octanol–water partition coefficient (Wildman–Crippen LogP) is 4.03. The summed E-state index contributed by atoms with van der Waals surface area (Å²) in [6.45, 7) is 8.39. The van der Waals surface area contributed by atoms with E-state index in [1.807, 2.05) is 54.5 Å². The van der Waals surface area contributed by atoms with Gasteiger partial charge in [0.1, 0.15) is 5.60 Å². The molecule has 6 nitrogen and oxygen atoms in total. The number of hydrogen-bond acceptors (Lipinski definition) is 4. The number of carbonyl (C=O) groups excluding carboxylic acids is 2. The van der Waals surface area contributed by atoms with Gasteiger partial charge in [-0.1, -0.05) is 12.1 Å². The number of benzene rings is 1. The second kappa shape index (κ2) is 7.09. The van der Waals surface area contributed by atoms with Gasteiger partial charge in [0.05, 0.1) is 17.1 Å². The van der Waals surface area contributed by atoms with E-state index in [4.69, 9.17) is 4.74 Å². The van der Waals surface area contributed by atoms with Crippen LogP contribution in [0.15, 0.2) is 24.3 Å².